The second-order valence-corrected chi connectivity index (χ2v) is 6.84. The summed E-state index contributed by atoms with van der Waals surface area (Å²) in [5, 5.41) is 9.70. The number of hydrogen-bond donors (Lipinski definition) is 1. The number of piperazine rings is 1. The van der Waals surface area contributed by atoms with E-state index in [9.17, 15) is 14.7 Å². The molecule has 3 rings (SSSR count). The Kier molecular flexibility index (Phi) is 4.88. The van der Waals surface area contributed by atoms with E-state index in [0.717, 1.165) is 5.56 Å². The van der Waals surface area contributed by atoms with Crippen LogP contribution in [0.4, 0.5) is 5.95 Å². The highest BCUT2D eigenvalue weighted by molar-refractivity contribution is 5.91. The van der Waals surface area contributed by atoms with Gasteiger partial charge in [0.1, 0.15) is 6.04 Å². The zero-order valence-electron chi connectivity index (χ0n) is 14.9. The third-order valence-corrected chi connectivity index (χ3v) is 4.79. The van der Waals surface area contributed by atoms with Crippen LogP contribution in [0.5, 0.6) is 0 Å². The highest BCUT2D eigenvalue weighted by Crippen LogP contribution is 2.28. The van der Waals surface area contributed by atoms with Gasteiger partial charge in [0.05, 0.1) is 12.0 Å². The minimum absolute atomic E-state index is 0.163. The average molecular weight is 354 g/mol. The lowest BCUT2D eigenvalue weighted by Crippen LogP contribution is -2.61. The smallest absolute Gasteiger partial charge is 0.328 e. The highest BCUT2D eigenvalue weighted by atomic mass is 16.4. The molecule has 136 valence electrons. The maximum Gasteiger partial charge on any atom is 0.328 e. The van der Waals surface area contributed by atoms with E-state index in [0.29, 0.717) is 19.0 Å². The summed E-state index contributed by atoms with van der Waals surface area (Å²) < 4.78 is 0. The quantitative estimate of drug-likeness (QED) is 0.897. The Hall–Kier alpha value is -2.96. The van der Waals surface area contributed by atoms with E-state index >= 15 is 0 Å². The van der Waals surface area contributed by atoms with Crippen molar-refractivity contribution in [1.82, 2.24) is 14.9 Å². The molecule has 0 radical (unpaired) electrons. The number of anilines is 1. The van der Waals surface area contributed by atoms with E-state index in [1.54, 1.807) is 23.4 Å². The molecule has 1 aliphatic heterocycles. The number of carboxylic acids is 1. The van der Waals surface area contributed by atoms with Crippen molar-refractivity contribution in [3.8, 4) is 0 Å². The molecule has 1 aromatic carbocycles. The molecule has 7 nitrogen and oxygen atoms in total. The monoisotopic (exact) mass is 354 g/mol. The normalized spacial score (nSPS) is 17.8. The molecule has 0 aliphatic carbocycles. The van der Waals surface area contributed by atoms with Crippen LogP contribution < -0.4 is 4.90 Å². The van der Waals surface area contributed by atoms with Gasteiger partial charge in [-0.15, -0.1) is 0 Å². The molecule has 1 N–H and O–H groups in total. The van der Waals surface area contributed by atoms with Crippen molar-refractivity contribution < 1.29 is 14.7 Å². The van der Waals surface area contributed by atoms with Gasteiger partial charge in [-0.1, -0.05) is 30.3 Å². The second kappa shape index (κ2) is 7.11. The summed E-state index contributed by atoms with van der Waals surface area (Å²) in [6.45, 7) is 4.62. The van der Waals surface area contributed by atoms with E-state index in [4.69, 9.17) is 0 Å². The predicted octanol–water partition coefficient (Wildman–Crippen LogP) is 1.56. The van der Waals surface area contributed by atoms with Crippen LogP contribution in [-0.2, 0) is 15.0 Å². The average Bonchev–Trinajstić information content (AvgIpc) is 2.68. The number of benzene rings is 1. The first-order valence-corrected chi connectivity index (χ1v) is 8.52. The SMILES string of the molecule is CC(C)(C(=O)N1CCN(c2ncccn2)CC1C(=O)O)c1ccccc1. The second-order valence-electron chi connectivity index (χ2n) is 6.84. The van der Waals surface area contributed by atoms with E-state index in [1.807, 2.05) is 44.2 Å². The molecule has 7 heteroatoms. The van der Waals surface area contributed by atoms with E-state index in [2.05, 4.69) is 9.97 Å². The summed E-state index contributed by atoms with van der Waals surface area (Å²) >= 11 is 0. The van der Waals surface area contributed by atoms with E-state index in [-0.39, 0.29) is 12.5 Å². The van der Waals surface area contributed by atoms with Crippen LogP contribution in [0, 0.1) is 0 Å². The molecule has 1 aromatic heterocycles. The standard InChI is InChI=1S/C19H22N4O3/c1-19(2,14-7-4-3-5-8-14)17(26)23-12-11-22(13-15(23)16(24)25)18-20-9-6-10-21-18/h3-10,15H,11-13H2,1-2H3,(H,24,25). The summed E-state index contributed by atoms with van der Waals surface area (Å²) in [7, 11) is 0. The van der Waals surface area contributed by atoms with Crippen molar-refractivity contribution in [2.45, 2.75) is 25.3 Å². The minimum atomic E-state index is -1.03. The molecule has 1 amide bonds. The Labute approximate surface area is 152 Å². The van der Waals surface area contributed by atoms with Crippen molar-refractivity contribution in [3.63, 3.8) is 0 Å². The Balaban J connectivity index is 1.83. The van der Waals surface area contributed by atoms with Crippen molar-refractivity contribution in [2.24, 2.45) is 0 Å². The Morgan fingerprint density at radius 2 is 1.73 bits per heavy atom. The van der Waals surface area contributed by atoms with Crippen molar-refractivity contribution in [1.29, 1.82) is 0 Å². The molecule has 1 atom stereocenters. The molecule has 1 aliphatic rings. The number of rotatable bonds is 4. The lowest BCUT2D eigenvalue weighted by atomic mass is 9.82. The maximum absolute atomic E-state index is 13.2. The molecule has 2 aromatic rings. The number of aliphatic carboxylic acids is 1. The Morgan fingerprint density at radius 3 is 2.35 bits per heavy atom. The van der Waals surface area contributed by atoms with Gasteiger partial charge in [0.25, 0.3) is 0 Å². The first kappa shape index (κ1) is 17.8. The summed E-state index contributed by atoms with van der Waals surface area (Å²) in [6.07, 6.45) is 3.24. The summed E-state index contributed by atoms with van der Waals surface area (Å²) in [5.41, 5.74) is 0.0587. The van der Waals surface area contributed by atoms with Gasteiger partial charge in [0.2, 0.25) is 11.9 Å². The molecule has 1 fully saturated rings. The zero-order valence-corrected chi connectivity index (χ0v) is 14.9. The molecule has 26 heavy (non-hydrogen) atoms. The number of amides is 1. The summed E-state index contributed by atoms with van der Waals surface area (Å²) in [4.78, 5) is 36.7. The third kappa shape index (κ3) is 3.37. The van der Waals surface area contributed by atoms with Gasteiger partial charge in [-0.25, -0.2) is 14.8 Å². The van der Waals surface area contributed by atoms with Crippen LogP contribution in [0.1, 0.15) is 19.4 Å². The van der Waals surface area contributed by atoms with Crippen LogP contribution in [0.2, 0.25) is 0 Å². The van der Waals surface area contributed by atoms with Crippen LogP contribution in [0.25, 0.3) is 0 Å². The molecule has 0 bridgehead atoms. The van der Waals surface area contributed by atoms with Crippen molar-refractivity contribution in [2.75, 3.05) is 24.5 Å². The number of carbonyl (C=O) groups excluding carboxylic acids is 1. The largest absolute Gasteiger partial charge is 0.480 e. The lowest BCUT2D eigenvalue weighted by Gasteiger charge is -2.42. The summed E-state index contributed by atoms with van der Waals surface area (Å²) in [6, 6.07) is 10.2. The van der Waals surface area contributed by atoms with Crippen molar-refractivity contribution in [3.05, 3.63) is 54.4 Å². The van der Waals surface area contributed by atoms with Crippen LogP contribution in [0.15, 0.2) is 48.8 Å². The van der Waals surface area contributed by atoms with Crippen LogP contribution in [0.3, 0.4) is 0 Å². The van der Waals surface area contributed by atoms with Gasteiger partial charge in [-0.05, 0) is 25.5 Å². The van der Waals surface area contributed by atoms with Gasteiger partial charge in [-0.3, -0.25) is 4.79 Å². The van der Waals surface area contributed by atoms with Gasteiger partial charge in [0, 0.05) is 25.5 Å². The maximum atomic E-state index is 13.2. The molecule has 1 saturated heterocycles. The summed E-state index contributed by atoms with van der Waals surface area (Å²) in [5.74, 6) is -0.735. The number of nitrogens with zero attached hydrogens (tertiary/aromatic N) is 4. The van der Waals surface area contributed by atoms with Crippen LogP contribution >= 0.6 is 0 Å². The Bertz CT molecular complexity index is 780. The minimum Gasteiger partial charge on any atom is -0.480 e. The Morgan fingerprint density at radius 1 is 1.08 bits per heavy atom. The fraction of sp³-hybridized carbons (Fsp3) is 0.368. The molecule has 2 heterocycles. The molecular formula is C19H22N4O3. The number of hydrogen-bond acceptors (Lipinski definition) is 5. The molecule has 0 spiro atoms. The van der Waals surface area contributed by atoms with E-state index < -0.39 is 17.4 Å². The first-order valence-electron chi connectivity index (χ1n) is 8.52. The fourth-order valence-electron chi connectivity index (χ4n) is 3.21. The third-order valence-electron chi connectivity index (χ3n) is 4.79. The van der Waals surface area contributed by atoms with Crippen molar-refractivity contribution >= 4 is 17.8 Å². The zero-order chi connectivity index (χ0) is 18.7. The molecular weight excluding hydrogens is 332 g/mol. The number of carboxylic acid groups (broad SMARTS) is 1. The number of aromatic nitrogens is 2. The predicted molar refractivity (Wildman–Crippen MR) is 96.8 cm³/mol. The molecule has 0 saturated carbocycles. The first-order chi connectivity index (χ1) is 12.4. The van der Waals surface area contributed by atoms with Crippen LogP contribution in [-0.4, -0.2) is 57.5 Å². The van der Waals surface area contributed by atoms with Gasteiger partial charge in [0.15, 0.2) is 0 Å². The molecule has 1 unspecified atom stereocenters. The van der Waals surface area contributed by atoms with Gasteiger partial charge >= 0.3 is 5.97 Å². The van der Waals surface area contributed by atoms with E-state index in [1.165, 1.54) is 4.90 Å². The van der Waals surface area contributed by atoms with Gasteiger partial charge < -0.3 is 14.9 Å². The fourth-order valence-corrected chi connectivity index (χ4v) is 3.21. The van der Waals surface area contributed by atoms with Gasteiger partial charge in [-0.2, -0.15) is 0 Å². The highest BCUT2D eigenvalue weighted by Gasteiger charge is 2.42. The topological polar surface area (TPSA) is 86.6 Å². The lowest BCUT2D eigenvalue weighted by molar-refractivity contribution is -0.152. The number of carbonyl (C=O) groups is 2.